The summed E-state index contributed by atoms with van der Waals surface area (Å²) in [6.07, 6.45) is 0. The Balaban J connectivity index is 1.54. The first kappa shape index (κ1) is 20.1. The van der Waals surface area contributed by atoms with E-state index >= 15 is 0 Å². The summed E-state index contributed by atoms with van der Waals surface area (Å²) >= 11 is 0. The molecule has 2 amide bonds. The zero-order valence-electron chi connectivity index (χ0n) is 16.8. The van der Waals surface area contributed by atoms with Gasteiger partial charge in [-0.1, -0.05) is 60.7 Å². The highest BCUT2D eigenvalue weighted by atomic mass is 16.2. The van der Waals surface area contributed by atoms with Crippen molar-refractivity contribution >= 4 is 11.8 Å². The molecule has 2 aromatic rings. The van der Waals surface area contributed by atoms with Crippen LogP contribution in [0, 0.1) is 0 Å². The second-order valence-corrected chi connectivity index (χ2v) is 7.38. The Morgan fingerprint density at radius 2 is 1.50 bits per heavy atom. The van der Waals surface area contributed by atoms with Crippen LogP contribution in [-0.4, -0.2) is 59.2 Å². The molecule has 0 radical (unpaired) electrons. The van der Waals surface area contributed by atoms with Crippen LogP contribution in [0.2, 0.25) is 0 Å². The number of piperazine rings is 1. The van der Waals surface area contributed by atoms with E-state index in [4.69, 9.17) is 0 Å². The van der Waals surface area contributed by atoms with Gasteiger partial charge in [-0.05, 0) is 18.1 Å². The predicted octanol–water partition coefficient (Wildman–Crippen LogP) is 2.94. The molecule has 1 aliphatic rings. The third-order valence-electron chi connectivity index (χ3n) is 5.43. The molecular formula is C23H29N3O2. The SMILES string of the molecule is CC(=O)N(CC(=O)N1CCN(Cc2ccccc2)CC1)C(C)c1ccccc1. The molecule has 5 nitrogen and oxygen atoms in total. The fourth-order valence-electron chi connectivity index (χ4n) is 3.68. The van der Waals surface area contributed by atoms with E-state index in [2.05, 4.69) is 29.2 Å². The molecular weight excluding hydrogens is 350 g/mol. The topological polar surface area (TPSA) is 43.9 Å². The van der Waals surface area contributed by atoms with Crippen molar-refractivity contribution < 1.29 is 9.59 Å². The van der Waals surface area contributed by atoms with Crippen LogP contribution in [-0.2, 0) is 16.1 Å². The number of hydrogen-bond acceptors (Lipinski definition) is 3. The van der Waals surface area contributed by atoms with Crippen molar-refractivity contribution in [2.45, 2.75) is 26.4 Å². The van der Waals surface area contributed by atoms with Crippen LogP contribution in [0.4, 0.5) is 0 Å². The summed E-state index contributed by atoms with van der Waals surface area (Å²) in [5.74, 6) is -0.0511. The van der Waals surface area contributed by atoms with Crippen molar-refractivity contribution in [1.29, 1.82) is 0 Å². The molecule has 28 heavy (non-hydrogen) atoms. The maximum Gasteiger partial charge on any atom is 0.242 e. The number of amides is 2. The number of carbonyl (C=O) groups excluding carboxylic acids is 2. The van der Waals surface area contributed by atoms with Crippen LogP contribution in [0.1, 0.15) is 31.0 Å². The Morgan fingerprint density at radius 1 is 0.929 bits per heavy atom. The van der Waals surface area contributed by atoms with E-state index in [1.54, 1.807) is 4.90 Å². The van der Waals surface area contributed by atoms with Gasteiger partial charge in [0.1, 0.15) is 6.54 Å². The van der Waals surface area contributed by atoms with Crippen LogP contribution in [0.5, 0.6) is 0 Å². The van der Waals surface area contributed by atoms with E-state index in [0.717, 1.165) is 25.2 Å². The summed E-state index contributed by atoms with van der Waals surface area (Å²) in [5, 5.41) is 0. The summed E-state index contributed by atoms with van der Waals surface area (Å²) < 4.78 is 0. The minimum absolute atomic E-state index is 0.0253. The van der Waals surface area contributed by atoms with Crippen LogP contribution in [0.15, 0.2) is 60.7 Å². The van der Waals surface area contributed by atoms with E-state index in [1.165, 1.54) is 12.5 Å². The van der Waals surface area contributed by atoms with Gasteiger partial charge in [0.25, 0.3) is 0 Å². The molecule has 1 aliphatic heterocycles. The lowest BCUT2D eigenvalue weighted by molar-refractivity contribution is -0.142. The Labute approximate surface area is 167 Å². The quantitative estimate of drug-likeness (QED) is 0.775. The van der Waals surface area contributed by atoms with Crippen molar-refractivity contribution in [3.05, 3.63) is 71.8 Å². The molecule has 1 fully saturated rings. The first-order chi connectivity index (χ1) is 13.5. The fourth-order valence-corrected chi connectivity index (χ4v) is 3.68. The number of carbonyl (C=O) groups is 2. The van der Waals surface area contributed by atoms with Crippen LogP contribution in [0.3, 0.4) is 0 Å². The maximum atomic E-state index is 12.8. The van der Waals surface area contributed by atoms with E-state index in [-0.39, 0.29) is 24.4 Å². The molecule has 0 aliphatic carbocycles. The molecule has 0 bridgehead atoms. The molecule has 1 saturated heterocycles. The molecule has 1 atom stereocenters. The van der Waals surface area contributed by atoms with E-state index in [0.29, 0.717) is 13.1 Å². The summed E-state index contributed by atoms with van der Waals surface area (Å²) in [4.78, 5) is 30.9. The molecule has 3 rings (SSSR count). The van der Waals surface area contributed by atoms with E-state index in [9.17, 15) is 9.59 Å². The monoisotopic (exact) mass is 379 g/mol. The highest BCUT2D eigenvalue weighted by Gasteiger charge is 2.26. The Kier molecular flexibility index (Phi) is 6.82. The van der Waals surface area contributed by atoms with Gasteiger partial charge in [0.05, 0.1) is 6.04 Å². The second kappa shape index (κ2) is 9.51. The average molecular weight is 380 g/mol. The van der Waals surface area contributed by atoms with Gasteiger partial charge < -0.3 is 9.80 Å². The Hall–Kier alpha value is -2.66. The summed E-state index contributed by atoms with van der Waals surface area (Å²) in [5.41, 5.74) is 2.33. The Bertz CT molecular complexity index is 771. The molecule has 0 saturated carbocycles. The van der Waals surface area contributed by atoms with Gasteiger partial charge in [0.15, 0.2) is 0 Å². The largest absolute Gasteiger partial charge is 0.339 e. The number of rotatable bonds is 6. The fraction of sp³-hybridized carbons (Fsp3) is 0.391. The maximum absolute atomic E-state index is 12.8. The first-order valence-corrected chi connectivity index (χ1v) is 9.91. The zero-order chi connectivity index (χ0) is 19.9. The van der Waals surface area contributed by atoms with E-state index < -0.39 is 0 Å². The zero-order valence-corrected chi connectivity index (χ0v) is 16.8. The molecule has 1 unspecified atom stereocenters. The molecule has 0 aromatic heterocycles. The normalized spacial score (nSPS) is 15.9. The summed E-state index contributed by atoms with van der Waals surface area (Å²) in [7, 11) is 0. The van der Waals surface area contributed by atoms with Crippen molar-refractivity contribution in [1.82, 2.24) is 14.7 Å². The molecule has 0 N–H and O–H groups in total. The van der Waals surface area contributed by atoms with Gasteiger partial charge in [0.2, 0.25) is 11.8 Å². The molecule has 1 heterocycles. The number of hydrogen-bond donors (Lipinski definition) is 0. The average Bonchev–Trinajstić information content (AvgIpc) is 2.73. The van der Waals surface area contributed by atoms with Gasteiger partial charge >= 0.3 is 0 Å². The molecule has 2 aromatic carbocycles. The van der Waals surface area contributed by atoms with Crippen LogP contribution in [0.25, 0.3) is 0 Å². The lowest BCUT2D eigenvalue weighted by Gasteiger charge is -2.36. The van der Waals surface area contributed by atoms with Crippen LogP contribution < -0.4 is 0 Å². The Morgan fingerprint density at radius 3 is 2.07 bits per heavy atom. The van der Waals surface area contributed by atoms with Gasteiger partial charge in [-0.2, -0.15) is 0 Å². The van der Waals surface area contributed by atoms with Crippen LogP contribution >= 0.6 is 0 Å². The van der Waals surface area contributed by atoms with Crippen molar-refractivity contribution in [3.8, 4) is 0 Å². The summed E-state index contributed by atoms with van der Waals surface area (Å²) in [6.45, 7) is 7.67. The molecule has 5 heteroatoms. The predicted molar refractivity (Wildman–Crippen MR) is 111 cm³/mol. The number of nitrogens with zero attached hydrogens (tertiary/aromatic N) is 3. The second-order valence-electron chi connectivity index (χ2n) is 7.38. The molecule has 148 valence electrons. The van der Waals surface area contributed by atoms with Crippen molar-refractivity contribution in [2.75, 3.05) is 32.7 Å². The minimum atomic E-state index is -0.123. The van der Waals surface area contributed by atoms with Crippen molar-refractivity contribution in [3.63, 3.8) is 0 Å². The summed E-state index contributed by atoms with van der Waals surface area (Å²) in [6, 6.07) is 20.1. The highest BCUT2D eigenvalue weighted by molar-refractivity contribution is 5.84. The third-order valence-corrected chi connectivity index (χ3v) is 5.43. The minimum Gasteiger partial charge on any atom is -0.339 e. The van der Waals surface area contributed by atoms with Gasteiger partial charge in [-0.15, -0.1) is 0 Å². The third kappa shape index (κ3) is 5.20. The highest BCUT2D eigenvalue weighted by Crippen LogP contribution is 2.20. The van der Waals surface area contributed by atoms with Gasteiger partial charge in [-0.25, -0.2) is 0 Å². The number of benzene rings is 2. The lowest BCUT2D eigenvalue weighted by Crippen LogP contribution is -2.51. The standard InChI is InChI=1S/C23H29N3O2/c1-19(22-11-7-4-8-12-22)26(20(2)27)18-23(28)25-15-13-24(14-16-25)17-21-9-5-3-6-10-21/h3-12,19H,13-18H2,1-2H3. The van der Waals surface area contributed by atoms with E-state index in [1.807, 2.05) is 48.2 Å². The first-order valence-electron chi connectivity index (χ1n) is 9.91. The lowest BCUT2D eigenvalue weighted by atomic mass is 10.1. The van der Waals surface area contributed by atoms with Crippen molar-refractivity contribution in [2.24, 2.45) is 0 Å². The smallest absolute Gasteiger partial charge is 0.242 e. The van der Waals surface area contributed by atoms with Gasteiger partial charge in [-0.3, -0.25) is 14.5 Å². The van der Waals surface area contributed by atoms with Gasteiger partial charge in [0, 0.05) is 39.6 Å². The molecule has 0 spiro atoms.